The van der Waals surface area contributed by atoms with Crippen molar-refractivity contribution in [2.75, 3.05) is 19.7 Å². The van der Waals surface area contributed by atoms with Gasteiger partial charge in [-0.1, -0.05) is 25.4 Å². The minimum absolute atomic E-state index is 0.0339. The van der Waals surface area contributed by atoms with Gasteiger partial charge in [-0.25, -0.2) is 0 Å². The Morgan fingerprint density at radius 2 is 2.11 bits per heavy atom. The predicted molar refractivity (Wildman–Crippen MR) is 103 cm³/mol. The lowest BCUT2D eigenvalue weighted by Crippen LogP contribution is -2.58. The van der Waals surface area contributed by atoms with Crippen molar-refractivity contribution in [2.24, 2.45) is 5.41 Å². The second-order valence-electron chi connectivity index (χ2n) is 8.64. The van der Waals surface area contributed by atoms with Crippen molar-refractivity contribution >= 4 is 23.3 Å². The van der Waals surface area contributed by atoms with Gasteiger partial charge >= 0.3 is 0 Å². The van der Waals surface area contributed by atoms with Gasteiger partial charge in [-0.15, -0.1) is 0 Å². The van der Waals surface area contributed by atoms with Crippen molar-refractivity contribution in [3.8, 4) is 6.07 Å². The molecule has 0 radical (unpaired) electrons. The molecule has 2 aliphatic carbocycles. The largest absolute Gasteiger partial charge is 0.367 e. The van der Waals surface area contributed by atoms with Crippen molar-refractivity contribution in [2.45, 2.75) is 44.1 Å². The van der Waals surface area contributed by atoms with Crippen LogP contribution in [0.4, 0.5) is 0 Å². The number of rotatable bonds is 2. The molecule has 1 spiro atoms. The van der Waals surface area contributed by atoms with Crippen LogP contribution in [0.5, 0.6) is 0 Å². The molecule has 1 atom stereocenters. The second-order valence-corrected chi connectivity index (χ2v) is 9.08. The molecule has 3 aliphatic rings. The molecule has 6 nitrogen and oxygen atoms in total. The molecule has 1 unspecified atom stereocenters. The van der Waals surface area contributed by atoms with E-state index in [1.807, 2.05) is 30.9 Å². The summed E-state index contributed by atoms with van der Waals surface area (Å²) in [6.45, 7) is 4.84. The number of halogens is 1. The summed E-state index contributed by atoms with van der Waals surface area (Å²) in [5, 5.41) is 9.94. The zero-order chi connectivity index (χ0) is 20.2. The number of nitrogens with zero attached hydrogens (tertiary/aromatic N) is 3. The van der Waals surface area contributed by atoms with E-state index in [1.165, 1.54) is 0 Å². The SMILES string of the molecule is CC1(C)CC2(C=C(C#N)C1=O)CN(C(=O)C1(c3ccc(Cl)cn3)CC1)CCO2. The summed E-state index contributed by atoms with van der Waals surface area (Å²) in [4.78, 5) is 32.1. The van der Waals surface area contributed by atoms with Gasteiger partial charge in [-0.3, -0.25) is 14.6 Å². The summed E-state index contributed by atoms with van der Waals surface area (Å²) in [6.07, 6.45) is 5.16. The number of aromatic nitrogens is 1. The maximum absolute atomic E-state index is 13.4. The number of morpholine rings is 1. The van der Waals surface area contributed by atoms with Crippen LogP contribution < -0.4 is 0 Å². The number of hydrogen-bond acceptors (Lipinski definition) is 5. The van der Waals surface area contributed by atoms with Gasteiger partial charge in [0.25, 0.3) is 0 Å². The summed E-state index contributed by atoms with van der Waals surface area (Å²) in [6, 6.07) is 5.58. The van der Waals surface area contributed by atoms with Gasteiger partial charge < -0.3 is 9.64 Å². The number of Topliss-reactive ketones (excluding diaryl/α,β-unsaturated/α-hetero) is 1. The van der Waals surface area contributed by atoms with E-state index in [4.69, 9.17) is 16.3 Å². The molecule has 2 heterocycles. The van der Waals surface area contributed by atoms with Crippen LogP contribution in [0.1, 0.15) is 38.8 Å². The molecule has 0 N–H and O–H groups in total. The zero-order valence-corrected chi connectivity index (χ0v) is 16.8. The van der Waals surface area contributed by atoms with Crippen LogP contribution in [0, 0.1) is 16.7 Å². The number of amides is 1. The van der Waals surface area contributed by atoms with E-state index in [-0.39, 0.29) is 17.3 Å². The lowest BCUT2D eigenvalue weighted by atomic mass is 9.69. The van der Waals surface area contributed by atoms with E-state index >= 15 is 0 Å². The first-order chi connectivity index (χ1) is 13.2. The Morgan fingerprint density at radius 1 is 1.36 bits per heavy atom. The third kappa shape index (κ3) is 3.03. The van der Waals surface area contributed by atoms with Gasteiger partial charge in [0.15, 0.2) is 5.78 Å². The molecule has 28 heavy (non-hydrogen) atoms. The van der Waals surface area contributed by atoms with E-state index in [9.17, 15) is 14.9 Å². The van der Waals surface area contributed by atoms with Crippen LogP contribution in [-0.4, -0.2) is 46.9 Å². The molecule has 4 rings (SSSR count). The Labute approximate surface area is 169 Å². The molecule has 2 fully saturated rings. The predicted octanol–water partition coefficient (Wildman–Crippen LogP) is 2.81. The summed E-state index contributed by atoms with van der Waals surface area (Å²) in [5.74, 6) is -0.136. The molecule has 7 heteroatoms. The zero-order valence-electron chi connectivity index (χ0n) is 16.0. The Morgan fingerprint density at radius 3 is 2.71 bits per heavy atom. The van der Waals surface area contributed by atoms with Crippen LogP contribution in [0.2, 0.25) is 5.02 Å². The van der Waals surface area contributed by atoms with Crippen molar-refractivity contribution < 1.29 is 14.3 Å². The van der Waals surface area contributed by atoms with Gasteiger partial charge in [-0.05, 0) is 37.5 Å². The highest BCUT2D eigenvalue weighted by atomic mass is 35.5. The smallest absolute Gasteiger partial charge is 0.235 e. The van der Waals surface area contributed by atoms with E-state index in [1.54, 1.807) is 18.3 Å². The molecule has 1 amide bonds. The molecule has 1 aliphatic heterocycles. The fourth-order valence-corrected chi connectivity index (χ4v) is 4.61. The number of carbonyl (C=O) groups excluding carboxylic acids is 2. The maximum atomic E-state index is 13.4. The minimum Gasteiger partial charge on any atom is -0.367 e. The number of ketones is 1. The fraction of sp³-hybridized carbons (Fsp3) is 0.524. The molecule has 0 aromatic carbocycles. The van der Waals surface area contributed by atoms with Crippen LogP contribution >= 0.6 is 11.6 Å². The van der Waals surface area contributed by atoms with Crippen LogP contribution in [0.25, 0.3) is 0 Å². The molecule has 0 bridgehead atoms. The highest BCUT2D eigenvalue weighted by molar-refractivity contribution is 6.30. The van der Waals surface area contributed by atoms with Gasteiger partial charge in [0, 0.05) is 18.2 Å². The van der Waals surface area contributed by atoms with Crippen molar-refractivity contribution in [1.29, 1.82) is 5.26 Å². The number of ether oxygens (including phenoxy) is 1. The average molecular weight is 400 g/mol. The first-order valence-electron chi connectivity index (χ1n) is 9.45. The maximum Gasteiger partial charge on any atom is 0.235 e. The molecule has 1 aromatic heterocycles. The van der Waals surface area contributed by atoms with Crippen LogP contribution in [0.3, 0.4) is 0 Å². The number of nitriles is 1. The topological polar surface area (TPSA) is 83.3 Å². The minimum atomic E-state index is -0.806. The van der Waals surface area contributed by atoms with Crippen molar-refractivity contribution in [3.05, 3.63) is 40.7 Å². The molecule has 1 saturated heterocycles. The van der Waals surface area contributed by atoms with Crippen molar-refractivity contribution in [3.63, 3.8) is 0 Å². The monoisotopic (exact) mass is 399 g/mol. The summed E-state index contributed by atoms with van der Waals surface area (Å²) in [5.41, 5.74) is -1.24. The van der Waals surface area contributed by atoms with Crippen LogP contribution in [0.15, 0.2) is 30.0 Å². The van der Waals surface area contributed by atoms with E-state index in [2.05, 4.69) is 4.98 Å². The first kappa shape index (κ1) is 19.1. The van der Waals surface area contributed by atoms with Crippen LogP contribution in [-0.2, 0) is 19.7 Å². The van der Waals surface area contributed by atoms with Gasteiger partial charge in [0.1, 0.15) is 11.7 Å². The normalized spacial score (nSPS) is 27.9. The summed E-state index contributed by atoms with van der Waals surface area (Å²) < 4.78 is 6.05. The number of allylic oxidation sites excluding steroid dienone is 1. The summed E-state index contributed by atoms with van der Waals surface area (Å²) in [7, 11) is 0. The molecule has 146 valence electrons. The lowest BCUT2D eigenvalue weighted by molar-refractivity contribution is -0.153. The Balaban J connectivity index is 1.62. The lowest BCUT2D eigenvalue weighted by Gasteiger charge is -2.47. The Bertz CT molecular complexity index is 912. The molecular weight excluding hydrogens is 378 g/mol. The number of pyridine rings is 1. The highest BCUT2D eigenvalue weighted by Gasteiger charge is 2.56. The second kappa shape index (κ2) is 6.40. The Kier molecular flexibility index (Phi) is 4.36. The molecular formula is C21H22ClN3O3. The first-order valence-corrected chi connectivity index (χ1v) is 9.82. The van der Waals surface area contributed by atoms with Crippen molar-refractivity contribution in [1.82, 2.24) is 9.88 Å². The standard InChI is InChI=1S/C21H22ClN3O3/c1-19(2)12-20(9-14(10-23)17(19)26)13-25(7-8-28-20)18(27)21(5-6-21)16-4-3-15(22)11-24-16/h3-4,9,11H,5-8,12-13H2,1-2H3. The van der Waals surface area contributed by atoms with Gasteiger partial charge in [0.2, 0.25) is 5.91 Å². The van der Waals surface area contributed by atoms with Gasteiger partial charge in [-0.2, -0.15) is 5.26 Å². The highest BCUT2D eigenvalue weighted by Crippen LogP contribution is 2.50. The number of hydrogen-bond donors (Lipinski definition) is 0. The Hall–Kier alpha value is -2.23. The quantitative estimate of drug-likeness (QED) is 0.763. The third-order valence-corrected chi connectivity index (χ3v) is 6.23. The molecule has 1 aromatic rings. The average Bonchev–Trinajstić information content (AvgIpc) is 3.46. The van der Waals surface area contributed by atoms with E-state index in [0.717, 1.165) is 18.5 Å². The molecule has 1 saturated carbocycles. The van der Waals surface area contributed by atoms with E-state index < -0.39 is 16.4 Å². The van der Waals surface area contributed by atoms with Gasteiger partial charge in [0.05, 0.1) is 34.9 Å². The fourth-order valence-electron chi connectivity index (χ4n) is 4.50. The number of carbonyl (C=O) groups is 2. The van der Waals surface area contributed by atoms with E-state index in [0.29, 0.717) is 31.1 Å². The summed E-state index contributed by atoms with van der Waals surface area (Å²) >= 11 is 5.94. The third-order valence-electron chi connectivity index (χ3n) is 6.00.